The summed E-state index contributed by atoms with van der Waals surface area (Å²) < 4.78 is 74.9. The predicted molar refractivity (Wildman–Crippen MR) is 54.7 cm³/mol. The van der Waals surface area contributed by atoms with Gasteiger partial charge in [-0.25, -0.2) is 0 Å². The van der Waals surface area contributed by atoms with E-state index in [-0.39, 0.29) is 0 Å². The van der Waals surface area contributed by atoms with Crippen LogP contribution >= 0.6 is 0 Å². The molecular formula is C11H7F6NO. The van der Waals surface area contributed by atoms with Crippen LogP contribution < -0.4 is 5.73 Å². The van der Waals surface area contributed by atoms with E-state index in [2.05, 4.69) is 0 Å². The minimum atomic E-state index is -4.83. The van der Waals surface area contributed by atoms with Crippen molar-refractivity contribution in [3.8, 4) is 0 Å². The van der Waals surface area contributed by atoms with Gasteiger partial charge < -0.3 is 5.73 Å². The van der Waals surface area contributed by atoms with Crippen LogP contribution in [-0.2, 0) is 17.1 Å². The molecule has 8 heteroatoms. The summed E-state index contributed by atoms with van der Waals surface area (Å²) in [6.07, 6.45) is -8.45. The van der Waals surface area contributed by atoms with Crippen LogP contribution in [0.1, 0.15) is 16.7 Å². The number of rotatable bonds is 2. The zero-order valence-electron chi connectivity index (χ0n) is 9.14. The third-order valence-corrected chi connectivity index (χ3v) is 2.11. The van der Waals surface area contributed by atoms with E-state index < -0.39 is 35.0 Å². The fraction of sp³-hybridized carbons (Fsp3) is 0.182. The number of hydrogen-bond donors (Lipinski definition) is 1. The highest BCUT2D eigenvalue weighted by Crippen LogP contribution is 2.36. The predicted octanol–water partition coefficient (Wildman–Crippen LogP) is 3.22. The van der Waals surface area contributed by atoms with E-state index in [1.807, 2.05) is 0 Å². The van der Waals surface area contributed by atoms with Gasteiger partial charge in [-0.05, 0) is 29.8 Å². The van der Waals surface area contributed by atoms with Gasteiger partial charge in [0.25, 0.3) is 0 Å². The molecule has 0 aromatic heterocycles. The Morgan fingerprint density at radius 2 is 1.63 bits per heavy atom. The average molecular weight is 283 g/mol. The molecule has 0 aliphatic carbocycles. The standard InChI is InChI=1S/C11H7F6NO/c12-10(13,14)7-2-3-8(11(15,16)17)6(5-7)1-4-9(18)19/h1-5H,(H2,18,19). The first-order valence-corrected chi connectivity index (χ1v) is 4.78. The quantitative estimate of drug-likeness (QED) is 0.657. The summed E-state index contributed by atoms with van der Waals surface area (Å²) in [5.74, 6) is -1.06. The van der Waals surface area contributed by atoms with Crippen molar-refractivity contribution in [3.05, 3.63) is 41.0 Å². The molecule has 19 heavy (non-hydrogen) atoms. The van der Waals surface area contributed by atoms with Gasteiger partial charge in [-0.15, -0.1) is 0 Å². The maximum absolute atomic E-state index is 12.6. The van der Waals surface area contributed by atoms with Crippen LogP contribution in [0.15, 0.2) is 24.3 Å². The molecule has 0 aliphatic rings. The van der Waals surface area contributed by atoms with Gasteiger partial charge in [0.05, 0.1) is 11.1 Å². The number of halogens is 6. The minimum absolute atomic E-state index is 0.308. The highest BCUT2D eigenvalue weighted by atomic mass is 19.4. The first kappa shape index (κ1) is 15.1. The van der Waals surface area contributed by atoms with Gasteiger partial charge in [0.15, 0.2) is 0 Å². The van der Waals surface area contributed by atoms with Crippen molar-refractivity contribution in [2.24, 2.45) is 5.73 Å². The van der Waals surface area contributed by atoms with Crippen molar-refractivity contribution in [2.45, 2.75) is 12.4 Å². The molecule has 0 bridgehead atoms. The van der Waals surface area contributed by atoms with Gasteiger partial charge in [0, 0.05) is 6.08 Å². The molecule has 0 radical (unpaired) electrons. The van der Waals surface area contributed by atoms with Gasteiger partial charge in [0.1, 0.15) is 0 Å². The lowest BCUT2D eigenvalue weighted by atomic mass is 10.0. The average Bonchev–Trinajstić information content (AvgIpc) is 2.23. The molecule has 1 amide bonds. The first-order valence-electron chi connectivity index (χ1n) is 4.78. The van der Waals surface area contributed by atoms with E-state index in [1.165, 1.54) is 0 Å². The molecule has 1 rings (SSSR count). The van der Waals surface area contributed by atoms with Crippen molar-refractivity contribution in [3.63, 3.8) is 0 Å². The Labute approximate surface area is 103 Å². The molecule has 0 aliphatic heterocycles. The Morgan fingerprint density at radius 3 is 2.05 bits per heavy atom. The van der Waals surface area contributed by atoms with Crippen LogP contribution in [0, 0.1) is 0 Å². The Morgan fingerprint density at radius 1 is 1.05 bits per heavy atom. The number of primary amides is 1. The highest BCUT2D eigenvalue weighted by molar-refractivity contribution is 5.90. The Bertz CT molecular complexity index is 515. The maximum atomic E-state index is 12.6. The van der Waals surface area contributed by atoms with Crippen LogP contribution in [0.4, 0.5) is 26.3 Å². The van der Waals surface area contributed by atoms with Crippen LogP contribution in [0.2, 0.25) is 0 Å². The Balaban J connectivity index is 3.39. The van der Waals surface area contributed by atoms with Crippen LogP contribution in [0.5, 0.6) is 0 Å². The number of benzene rings is 1. The molecule has 0 unspecified atom stereocenters. The van der Waals surface area contributed by atoms with E-state index in [1.54, 1.807) is 0 Å². The molecule has 104 valence electrons. The molecule has 0 heterocycles. The highest BCUT2D eigenvalue weighted by Gasteiger charge is 2.36. The maximum Gasteiger partial charge on any atom is 0.416 e. The number of alkyl halides is 6. The first-order chi connectivity index (χ1) is 8.51. The van der Waals surface area contributed by atoms with E-state index in [0.717, 1.165) is 0 Å². The van der Waals surface area contributed by atoms with Crippen LogP contribution in [0.3, 0.4) is 0 Å². The summed E-state index contributed by atoms with van der Waals surface area (Å²) >= 11 is 0. The second-order valence-electron chi connectivity index (χ2n) is 3.53. The number of hydrogen-bond acceptors (Lipinski definition) is 1. The van der Waals surface area contributed by atoms with Crippen LogP contribution in [-0.4, -0.2) is 5.91 Å². The molecule has 2 N–H and O–H groups in total. The summed E-state index contributed by atoms with van der Waals surface area (Å²) in [4.78, 5) is 10.4. The van der Waals surface area contributed by atoms with E-state index in [9.17, 15) is 31.1 Å². The summed E-state index contributed by atoms with van der Waals surface area (Å²) in [6.45, 7) is 0. The molecular weight excluding hydrogens is 276 g/mol. The molecule has 0 spiro atoms. The third kappa shape index (κ3) is 4.01. The topological polar surface area (TPSA) is 43.1 Å². The SMILES string of the molecule is NC(=O)C=Cc1cc(C(F)(F)F)ccc1C(F)(F)F. The van der Waals surface area contributed by atoms with Crippen LogP contribution in [0.25, 0.3) is 6.08 Å². The summed E-state index contributed by atoms with van der Waals surface area (Å²) in [5.41, 5.74) is 1.39. The second-order valence-corrected chi connectivity index (χ2v) is 3.53. The van der Waals surface area contributed by atoms with Crippen molar-refractivity contribution >= 4 is 12.0 Å². The number of carbonyl (C=O) groups is 1. The Kier molecular flexibility index (Phi) is 3.92. The molecule has 0 atom stereocenters. The van der Waals surface area contributed by atoms with Gasteiger partial charge in [-0.2, -0.15) is 26.3 Å². The van der Waals surface area contributed by atoms with Gasteiger partial charge in [0.2, 0.25) is 5.91 Å². The summed E-state index contributed by atoms with van der Waals surface area (Å²) in [7, 11) is 0. The molecule has 0 saturated carbocycles. The fourth-order valence-electron chi connectivity index (χ4n) is 1.31. The smallest absolute Gasteiger partial charge is 0.366 e. The molecule has 0 saturated heterocycles. The van der Waals surface area contributed by atoms with E-state index in [4.69, 9.17) is 5.73 Å². The lowest BCUT2D eigenvalue weighted by Gasteiger charge is -2.13. The zero-order valence-corrected chi connectivity index (χ0v) is 9.14. The molecule has 0 fully saturated rings. The third-order valence-electron chi connectivity index (χ3n) is 2.11. The molecule has 2 nitrogen and oxygen atoms in total. The monoisotopic (exact) mass is 283 g/mol. The van der Waals surface area contributed by atoms with E-state index >= 15 is 0 Å². The number of carbonyl (C=O) groups excluding carboxylic acids is 1. The molecule has 1 aromatic carbocycles. The molecule has 1 aromatic rings. The van der Waals surface area contributed by atoms with Crippen molar-refractivity contribution < 1.29 is 31.1 Å². The number of nitrogens with two attached hydrogens (primary N) is 1. The van der Waals surface area contributed by atoms with Crippen molar-refractivity contribution in [1.82, 2.24) is 0 Å². The van der Waals surface area contributed by atoms with Gasteiger partial charge in [-0.3, -0.25) is 4.79 Å². The minimum Gasteiger partial charge on any atom is -0.366 e. The zero-order chi connectivity index (χ0) is 14.8. The van der Waals surface area contributed by atoms with Crippen molar-refractivity contribution in [1.29, 1.82) is 0 Å². The summed E-state index contributed by atoms with van der Waals surface area (Å²) in [5, 5.41) is 0. The van der Waals surface area contributed by atoms with E-state index in [0.29, 0.717) is 30.4 Å². The van der Waals surface area contributed by atoms with Gasteiger partial charge >= 0.3 is 12.4 Å². The largest absolute Gasteiger partial charge is 0.416 e. The normalized spacial score (nSPS) is 12.9. The number of amides is 1. The summed E-state index contributed by atoms with van der Waals surface area (Å²) in [6, 6.07) is 0.941. The Hall–Kier alpha value is -1.99. The van der Waals surface area contributed by atoms with Crippen molar-refractivity contribution in [2.75, 3.05) is 0 Å². The fourth-order valence-corrected chi connectivity index (χ4v) is 1.31. The lowest BCUT2D eigenvalue weighted by Crippen LogP contribution is -2.11. The van der Waals surface area contributed by atoms with Gasteiger partial charge in [-0.1, -0.05) is 0 Å². The lowest BCUT2D eigenvalue weighted by molar-refractivity contribution is -0.141. The second kappa shape index (κ2) is 4.94.